The van der Waals surface area contributed by atoms with E-state index < -0.39 is 0 Å². The molecule has 0 fully saturated rings. The SMILES string of the molecule is CS[O-].[Cs+].[Cs]. The van der Waals surface area contributed by atoms with Crippen LogP contribution in [-0.4, -0.2) is 79.7 Å². The fourth-order valence-corrected chi connectivity index (χ4v) is 0. The van der Waals surface area contributed by atoms with E-state index in [0.717, 1.165) is 0 Å². The predicted molar refractivity (Wildman–Crippen MR) is 20.0 cm³/mol. The Balaban J connectivity index is -0.0000000200. The van der Waals surface area contributed by atoms with Crippen LogP contribution in [0, 0.1) is 0 Å². The second-order valence-electron chi connectivity index (χ2n) is 0.167. The van der Waals surface area contributed by atoms with Gasteiger partial charge in [-0.15, -0.1) is 0 Å². The van der Waals surface area contributed by atoms with Crippen molar-refractivity contribution < 1.29 is 73.4 Å². The second-order valence-corrected chi connectivity index (χ2v) is 0.500. The molecule has 0 saturated carbocycles. The Kier molecular flexibility index (Phi) is 51.1. The Morgan fingerprint density at radius 1 is 1.60 bits per heavy atom. The fraction of sp³-hybridized carbons (Fsp3) is 1.00. The van der Waals surface area contributed by atoms with Gasteiger partial charge >= 0.3 is 68.9 Å². The van der Waals surface area contributed by atoms with Crippen molar-refractivity contribution in [2.45, 2.75) is 0 Å². The van der Waals surface area contributed by atoms with Gasteiger partial charge in [0.2, 0.25) is 0 Å². The molecule has 1 radical (unpaired) electrons. The molecule has 0 aromatic carbocycles. The summed E-state index contributed by atoms with van der Waals surface area (Å²) in [5.41, 5.74) is 0. The minimum absolute atomic E-state index is 0. The standard InChI is InChI=1S/CH4OS.2Cs/c1-3-2;;/h2H,1H3;;/q;;+1/p-1. The van der Waals surface area contributed by atoms with Crippen LogP contribution in [0.15, 0.2) is 0 Å². The zero-order valence-electron chi connectivity index (χ0n) is 3.82. The third-order valence-electron chi connectivity index (χ3n) is 0. The molecule has 0 saturated heterocycles. The van der Waals surface area contributed by atoms with E-state index in [0.29, 0.717) is 12.0 Å². The van der Waals surface area contributed by atoms with Crippen LogP contribution in [0.1, 0.15) is 0 Å². The summed E-state index contributed by atoms with van der Waals surface area (Å²) in [6, 6.07) is 0. The molecule has 0 aromatic heterocycles. The summed E-state index contributed by atoms with van der Waals surface area (Å²) in [5, 5.41) is 0. The Morgan fingerprint density at radius 3 is 1.60 bits per heavy atom. The van der Waals surface area contributed by atoms with Gasteiger partial charge in [0.1, 0.15) is 0 Å². The molecule has 5 heavy (non-hydrogen) atoms. The van der Waals surface area contributed by atoms with Crippen LogP contribution in [0.3, 0.4) is 0 Å². The summed E-state index contributed by atoms with van der Waals surface area (Å²) in [6.07, 6.45) is 1.49. The van der Waals surface area contributed by atoms with E-state index in [9.17, 15) is 0 Å². The molecule has 0 aliphatic carbocycles. The van der Waals surface area contributed by atoms with Crippen molar-refractivity contribution in [1.29, 1.82) is 0 Å². The van der Waals surface area contributed by atoms with Gasteiger partial charge in [-0.25, -0.2) is 0 Å². The monoisotopic (exact) mass is 329 g/mol. The molecule has 0 N–H and O–H groups in total. The maximum absolute atomic E-state index is 8.85. The van der Waals surface area contributed by atoms with E-state index in [1.807, 2.05) is 0 Å². The van der Waals surface area contributed by atoms with Crippen LogP contribution in [0.25, 0.3) is 0 Å². The molecule has 0 aliphatic rings. The molecule has 0 atom stereocenters. The van der Waals surface area contributed by atoms with Gasteiger partial charge in [-0.3, -0.25) is 12.0 Å². The van der Waals surface area contributed by atoms with E-state index >= 15 is 0 Å². The molecule has 0 aliphatic heterocycles. The summed E-state index contributed by atoms with van der Waals surface area (Å²) in [6.45, 7) is 0. The maximum Gasteiger partial charge on any atom is 1.00 e. The first-order valence-corrected chi connectivity index (χ1v) is 1.72. The first-order valence-electron chi connectivity index (χ1n) is 0.575. The molecule has 0 heterocycles. The average Bonchev–Trinajstić information content (AvgIpc) is 0.918. The summed E-state index contributed by atoms with van der Waals surface area (Å²) >= 11 is 0.500. The zero-order chi connectivity index (χ0) is 2.71. The van der Waals surface area contributed by atoms with Gasteiger partial charge in [0.25, 0.3) is 0 Å². The largest absolute Gasteiger partial charge is 1.00 e. The normalized spacial score (nSPS) is 3.60. The van der Waals surface area contributed by atoms with Crippen LogP contribution in [0.5, 0.6) is 0 Å². The number of hydrogen-bond acceptors (Lipinski definition) is 2. The van der Waals surface area contributed by atoms with Gasteiger partial charge in [-0.1, -0.05) is 0 Å². The molecule has 0 amide bonds. The fourth-order valence-electron chi connectivity index (χ4n) is 0. The molecule has 1 nitrogen and oxygen atoms in total. The van der Waals surface area contributed by atoms with Gasteiger partial charge in [-0.2, -0.15) is 0 Å². The van der Waals surface area contributed by atoms with Crippen LogP contribution in [0.2, 0.25) is 0 Å². The van der Waals surface area contributed by atoms with E-state index in [2.05, 4.69) is 0 Å². The number of rotatable bonds is 0. The van der Waals surface area contributed by atoms with E-state index in [1.165, 1.54) is 6.26 Å². The van der Waals surface area contributed by atoms with Crippen molar-refractivity contribution in [3.63, 3.8) is 0 Å². The molecule has 4 heteroatoms. The molecule has 0 rings (SSSR count). The van der Waals surface area contributed by atoms with Crippen molar-refractivity contribution in [3.05, 3.63) is 0 Å². The van der Waals surface area contributed by atoms with Crippen LogP contribution >= 0.6 is 12.0 Å². The van der Waals surface area contributed by atoms with Crippen molar-refractivity contribution >= 4 is 80.9 Å². The molecule has 0 unspecified atom stereocenters. The predicted octanol–water partition coefficient (Wildman–Crippen LogP) is -2.90. The van der Waals surface area contributed by atoms with Gasteiger partial charge in [0.05, 0.1) is 0 Å². The minimum Gasteiger partial charge on any atom is -0.799 e. The molecule has 0 aromatic rings. The Labute approximate surface area is 154 Å². The first kappa shape index (κ1) is 16.2. The zero-order valence-corrected chi connectivity index (χ0v) is 17.2. The summed E-state index contributed by atoms with van der Waals surface area (Å²) in [5.74, 6) is 0. The van der Waals surface area contributed by atoms with E-state index in [4.69, 9.17) is 4.55 Å². The smallest absolute Gasteiger partial charge is 0.799 e. The molecular formula is CH3Cs2OS. The van der Waals surface area contributed by atoms with Crippen molar-refractivity contribution in [3.8, 4) is 0 Å². The maximum atomic E-state index is 8.85. The number of hydrogen-bond donors (Lipinski definition) is 0. The third kappa shape index (κ3) is 17.8. The first-order chi connectivity index (χ1) is 1.41. The molecular weight excluding hydrogens is 326 g/mol. The van der Waals surface area contributed by atoms with E-state index in [-0.39, 0.29) is 138 Å². The van der Waals surface area contributed by atoms with Gasteiger partial charge in [0.15, 0.2) is 0 Å². The topological polar surface area (TPSA) is 23.1 Å². The third-order valence-corrected chi connectivity index (χ3v) is 0. The quantitative estimate of drug-likeness (QED) is 0.446. The summed E-state index contributed by atoms with van der Waals surface area (Å²) in [7, 11) is 0. The van der Waals surface area contributed by atoms with Crippen molar-refractivity contribution in [2.75, 3.05) is 6.26 Å². The molecule has 0 bridgehead atoms. The van der Waals surface area contributed by atoms with Crippen LogP contribution < -0.4 is 68.9 Å². The van der Waals surface area contributed by atoms with Crippen LogP contribution in [0.4, 0.5) is 0 Å². The summed E-state index contributed by atoms with van der Waals surface area (Å²) < 4.78 is 8.85. The van der Waals surface area contributed by atoms with Crippen molar-refractivity contribution in [2.24, 2.45) is 0 Å². The van der Waals surface area contributed by atoms with Gasteiger partial charge in [0, 0.05) is 68.9 Å². The Bertz CT molecular complexity index is 9.61. The van der Waals surface area contributed by atoms with Gasteiger partial charge in [-0.05, 0) is 6.26 Å². The van der Waals surface area contributed by atoms with E-state index in [1.54, 1.807) is 0 Å². The van der Waals surface area contributed by atoms with Gasteiger partial charge < -0.3 is 4.55 Å². The summed E-state index contributed by atoms with van der Waals surface area (Å²) in [4.78, 5) is 0. The second kappa shape index (κ2) is 15.8. The Morgan fingerprint density at radius 2 is 1.60 bits per heavy atom. The molecule has 0 spiro atoms. The van der Waals surface area contributed by atoms with Crippen LogP contribution in [-0.2, 0) is 0 Å². The average molecular weight is 329 g/mol. The van der Waals surface area contributed by atoms with Crippen molar-refractivity contribution in [1.82, 2.24) is 0 Å². The molecule has 21 valence electrons. The minimum atomic E-state index is 0. The Hall–Kier alpha value is 4.41.